The summed E-state index contributed by atoms with van der Waals surface area (Å²) in [6.07, 6.45) is 0.341. The molecule has 0 radical (unpaired) electrons. The Morgan fingerprint density at radius 3 is 2.33 bits per heavy atom. The molecule has 6 heteroatoms. The molecule has 0 bridgehead atoms. The topological polar surface area (TPSA) is 90.2 Å². The van der Waals surface area contributed by atoms with E-state index in [9.17, 15) is 8.42 Å². The third-order valence-electron chi connectivity index (χ3n) is 2.04. The summed E-state index contributed by atoms with van der Waals surface area (Å²) in [4.78, 5) is 0. The van der Waals surface area contributed by atoms with Crippen molar-refractivity contribution in [3.05, 3.63) is 0 Å². The number of hydrogen-bond acceptors (Lipinski definition) is 4. The van der Waals surface area contributed by atoms with E-state index in [1.165, 1.54) is 0 Å². The predicted octanol–water partition coefficient (Wildman–Crippen LogP) is 0.226. The lowest BCUT2D eigenvalue weighted by Gasteiger charge is -2.30. The van der Waals surface area contributed by atoms with E-state index in [1.54, 1.807) is 6.07 Å². The summed E-state index contributed by atoms with van der Waals surface area (Å²) in [5.74, 6) is -0.551. The second kappa shape index (κ2) is 5.45. The monoisotopic (exact) mass is 234 g/mol. The molecule has 0 aromatic carbocycles. The normalized spacial score (nSPS) is 14.6. The summed E-state index contributed by atoms with van der Waals surface area (Å²) >= 11 is 0. The molecule has 88 valence electrons. The lowest BCUT2D eigenvalue weighted by atomic mass is 9.86. The molecule has 0 aromatic rings. The number of nitrogens with one attached hydrogen (secondary N) is 1. The molecule has 0 spiro atoms. The zero-order chi connectivity index (χ0) is 12.1. The van der Waals surface area contributed by atoms with Gasteiger partial charge in [0.25, 0.3) is 0 Å². The summed E-state index contributed by atoms with van der Waals surface area (Å²) < 4.78 is 25.1. The first-order valence-corrected chi connectivity index (χ1v) is 6.36. The molecule has 2 N–H and O–H groups in total. The van der Waals surface area contributed by atoms with Crippen LogP contribution in [0.15, 0.2) is 0 Å². The van der Waals surface area contributed by atoms with Gasteiger partial charge in [0.05, 0.1) is 6.07 Å². The van der Waals surface area contributed by atoms with E-state index in [4.69, 9.17) is 10.4 Å². The van der Waals surface area contributed by atoms with Crippen LogP contribution in [-0.2, 0) is 10.0 Å². The molecule has 0 saturated heterocycles. The highest BCUT2D eigenvalue weighted by molar-refractivity contribution is 7.89. The van der Waals surface area contributed by atoms with Crippen LogP contribution >= 0.6 is 0 Å². The van der Waals surface area contributed by atoms with Crippen LogP contribution in [0.25, 0.3) is 0 Å². The highest BCUT2D eigenvalue weighted by atomic mass is 32.2. The van der Waals surface area contributed by atoms with Crippen LogP contribution in [0.5, 0.6) is 0 Å². The standard InChI is InChI=1S/C9H18N2O3S/c1-9(2,3)8(4-6-12)11-15(13,14)7-5-10/h8,11-12H,4,6-7H2,1-3H3. The molecule has 0 heterocycles. The Morgan fingerprint density at radius 2 is 2.00 bits per heavy atom. The van der Waals surface area contributed by atoms with Gasteiger partial charge in [0, 0.05) is 12.6 Å². The molecule has 0 aliphatic rings. The summed E-state index contributed by atoms with van der Waals surface area (Å²) in [5.41, 5.74) is -0.286. The maximum absolute atomic E-state index is 11.3. The molecule has 0 aliphatic heterocycles. The maximum atomic E-state index is 11.3. The largest absolute Gasteiger partial charge is 0.396 e. The van der Waals surface area contributed by atoms with E-state index in [0.717, 1.165) is 0 Å². The SMILES string of the molecule is CC(C)(C)C(CCO)NS(=O)(=O)CC#N. The Morgan fingerprint density at radius 1 is 1.47 bits per heavy atom. The fourth-order valence-electron chi connectivity index (χ4n) is 1.14. The number of nitriles is 1. The van der Waals surface area contributed by atoms with Gasteiger partial charge in [-0.15, -0.1) is 0 Å². The maximum Gasteiger partial charge on any atom is 0.225 e. The van der Waals surface area contributed by atoms with E-state index in [0.29, 0.717) is 6.42 Å². The predicted molar refractivity (Wildman–Crippen MR) is 57.5 cm³/mol. The lowest BCUT2D eigenvalue weighted by molar-refractivity contribution is 0.214. The molecule has 0 saturated carbocycles. The van der Waals surface area contributed by atoms with Crippen molar-refractivity contribution in [1.82, 2.24) is 4.72 Å². The number of aliphatic hydroxyl groups is 1. The minimum atomic E-state index is -3.56. The first kappa shape index (κ1) is 14.4. The molecule has 0 fully saturated rings. The Kier molecular flexibility index (Phi) is 5.21. The molecule has 0 amide bonds. The van der Waals surface area contributed by atoms with Gasteiger partial charge in [-0.05, 0) is 11.8 Å². The van der Waals surface area contributed by atoms with Crippen LogP contribution in [0.2, 0.25) is 0 Å². The Bertz CT molecular complexity index is 324. The average Bonchev–Trinajstić information content (AvgIpc) is 2.01. The van der Waals surface area contributed by atoms with Gasteiger partial charge < -0.3 is 5.11 Å². The highest BCUT2D eigenvalue weighted by Crippen LogP contribution is 2.22. The molecular formula is C9H18N2O3S. The summed E-state index contributed by atoms with van der Waals surface area (Å²) in [7, 11) is -3.56. The van der Waals surface area contributed by atoms with Crippen molar-refractivity contribution >= 4 is 10.0 Å². The molecule has 0 aromatic heterocycles. The van der Waals surface area contributed by atoms with Gasteiger partial charge in [-0.25, -0.2) is 13.1 Å². The van der Waals surface area contributed by atoms with Crippen molar-refractivity contribution < 1.29 is 13.5 Å². The van der Waals surface area contributed by atoms with Crippen molar-refractivity contribution in [2.24, 2.45) is 5.41 Å². The lowest BCUT2D eigenvalue weighted by Crippen LogP contribution is -2.44. The number of hydrogen-bond donors (Lipinski definition) is 2. The smallest absolute Gasteiger partial charge is 0.225 e. The third kappa shape index (κ3) is 5.72. The van der Waals surface area contributed by atoms with Crippen LogP contribution < -0.4 is 4.72 Å². The zero-order valence-corrected chi connectivity index (χ0v) is 10.1. The molecule has 5 nitrogen and oxygen atoms in total. The van der Waals surface area contributed by atoms with E-state index < -0.39 is 15.8 Å². The van der Waals surface area contributed by atoms with Crippen molar-refractivity contribution in [3.8, 4) is 6.07 Å². The Labute approximate surface area is 91.2 Å². The van der Waals surface area contributed by atoms with Crippen LogP contribution in [-0.4, -0.2) is 31.9 Å². The van der Waals surface area contributed by atoms with E-state index in [1.807, 2.05) is 20.8 Å². The summed E-state index contributed by atoms with van der Waals surface area (Å²) in [6.45, 7) is 5.55. The van der Waals surface area contributed by atoms with Crippen LogP contribution in [0.1, 0.15) is 27.2 Å². The quantitative estimate of drug-likeness (QED) is 0.712. The number of sulfonamides is 1. The highest BCUT2D eigenvalue weighted by Gasteiger charge is 2.28. The summed E-state index contributed by atoms with van der Waals surface area (Å²) in [5, 5.41) is 17.2. The van der Waals surface area contributed by atoms with Crippen LogP contribution in [0.4, 0.5) is 0 Å². The molecular weight excluding hydrogens is 216 g/mol. The van der Waals surface area contributed by atoms with Gasteiger partial charge in [-0.1, -0.05) is 20.8 Å². The van der Waals surface area contributed by atoms with Crippen LogP contribution in [0, 0.1) is 16.7 Å². The van der Waals surface area contributed by atoms with Gasteiger partial charge >= 0.3 is 0 Å². The van der Waals surface area contributed by atoms with Gasteiger partial charge in [-0.3, -0.25) is 0 Å². The minimum absolute atomic E-state index is 0.0863. The van der Waals surface area contributed by atoms with Crippen molar-refractivity contribution in [2.45, 2.75) is 33.2 Å². The molecule has 15 heavy (non-hydrogen) atoms. The zero-order valence-electron chi connectivity index (χ0n) is 9.32. The van der Waals surface area contributed by atoms with E-state index in [2.05, 4.69) is 4.72 Å². The molecule has 1 atom stereocenters. The first-order chi connectivity index (χ1) is 6.73. The number of rotatable bonds is 5. The van der Waals surface area contributed by atoms with Gasteiger partial charge in [0.2, 0.25) is 10.0 Å². The van der Waals surface area contributed by atoms with Crippen LogP contribution in [0.3, 0.4) is 0 Å². The van der Waals surface area contributed by atoms with E-state index in [-0.39, 0.29) is 18.1 Å². The fraction of sp³-hybridized carbons (Fsp3) is 0.889. The van der Waals surface area contributed by atoms with E-state index >= 15 is 0 Å². The molecule has 1 unspecified atom stereocenters. The van der Waals surface area contributed by atoms with Gasteiger partial charge in [-0.2, -0.15) is 5.26 Å². The fourth-order valence-corrected chi connectivity index (χ4v) is 2.30. The molecule has 0 aliphatic carbocycles. The van der Waals surface area contributed by atoms with Gasteiger partial charge in [0.1, 0.15) is 0 Å². The average molecular weight is 234 g/mol. The van der Waals surface area contributed by atoms with Crippen molar-refractivity contribution in [1.29, 1.82) is 5.26 Å². The minimum Gasteiger partial charge on any atom is -0.396 e. The molecule has 0 rings (SSSR count). The number of nitrogens with zero attached hydrogens (tertiary/aromatic N) is 1. The van der Waals surface area contributed by atoms with Gasteiger partial charge in [0.15, 0.2) is 5.75 Å². The number of aliphatic hydroxyl groups excluding tert-OH is 1. The van der Waals surface area contributed by atoms with Crippen molar-refractivity contribution in [2.75, 3.05) is 12.4 Å². The second-order valence-electron chi connectivity index (χ2n) is 4.47. The Hall–Kier alpha value is -0.640. The van der Waals surface area contributed by atoms with Crippen molar-refractivity contribution in [3.63, 3.8) is 0 Å². The summed E-state index contributed by atoms with van der Waals surface area (Å²) in [6, 6.07) is 1.23. The Balaban J connectivity index is 4.64. The second-order valence-corrected chi connectivity index (χ2v) is 6.22. The first-order valence-electron chi connectivity index (χ1n) is 4.71. The third-order valence-corrected chi connectivity index (χ3v) is 3.19.